The zero-order valence-corrected chi connectivity index (χ0v) is 24.2. The van der Waals surface area contributed by atoms with Crippen molar-refractivity contribution in [2.24, 2.45) is 5.41 Å². The lowest BCUT2D eigenvalue weighted by Crippen LogP contribution is -2.28. The van der Waals surface area contributed by atoms with Gasteiger partial charge in [0, 0.05) is 24.5 Å². The number of ether oxygens (including phenoxy) is 4. The molecular weight excluding hydrogens is 511 g/mol. The first-order valence-corrected chi connectivity index (χ1v) is 13.6. The first kappa shape index (κ1) is 31.1. The van der Waals surface area contributed by atoms with Crippen LogP contribution in [0.3, 0.4) is 0 Å². The van der Waals surface area contributed by atoms with E-state index in [1.807, 2.05) is 56.3 Å². The van der Waals surface area contributed by atoms with Crippen molar-refractivity contribution < 1.29 is 33.2 Å². The van der Waals surface area contributed by atoms with E-state index >= 15 is 0 Å². The van der Waals surface area contributed by atoms with Crippen molar-refractivity contribution in [1.82, 2.24) is 0 Å². The predicted molar refractivity (Wildman–Crippen MR) is 154 cm³/mol. The zero-order valence-electron chi connectivity index (χ0n) is 24.2. The van der Waals surface area contributed by atoms with Gasteiger partial charge < -0.3 is 24.1 Å². The molecular formula is C33H41FO6. The highest BCUT2D eigenvalue weighted by Crippen LogP contribution is 2.42. The summed E-state index contributed by atoms with van der Waals surface area (Å²) in [5.41, 5.74) is 2.97. The minimum absolute atomic E-state index is 0.120. The van der Waals surface area contributed by atoms with E-state index in [9.17, 15) is 14.3 Å². The molecule has 0 spiro atoms. The summed E-state index contributed by atoms with van der Waals surface area (Å²) in [5.74, 6) is 0.569. The van der Waals surface area contributed by atoms with Gasteiger partial charge in [-0.05, 0) is 65.1 Å². The highest BCUT2D eigenvalue weighted by atomic mass is 19.1. The van der Waals surface area contributed by atoms with Crippen LogP contribution >= 0.6 is 0 Å². The summed E-state index contributed by atoms with van der Waals surface area (Å²) < 4.78 is 36.9. The van der Waals surface area contributed by atoms with Gasteiger partial charge in [0.1, 0.15) is 23.9 Å². The number of esters is 1. The van der Waals surface area contributed by atoms with Crippen LogP contribution in [0.4, 0.5) is 4.39 Å². The summed E-state index contributed by atoms with van der Waals surface area (Å²) in [6.07, 6.45) is 4.84. The average Bonchev–Trinajstić information content (AvgIpc) is 3.86. The lowest BCUT2D eigenvalue weighted by Gasteiger charge is -2.33. The van der Waals surface area contributed by atoms with Gasteiger partial charge in [0.2, 0.25) is 0 Å². The minimum Gasteiger partial charge on any atom is -0.497 e. The van der Waals surface area contributed by atoms with Gasteiger partial charge in [0.25, 0.3) is 0 Å². The summed E-state index contributed by atoms with van der Waals surface area (Å²) in [6, 6.07) is 17.8. The molecule has 1 N–H and O–H groups in total. The number of hydrogen-bond acceptors (Lipinski definition) is 6. The lowest BCUT2D eigenvalue weighted by molar-refractivity contribution is -0.140. The summed E-state index contributed by atoms with van der Waals surface area (Å²) in [7, 11) is 4.49. The zero-order chi connectivity index (χ0) is 29.1. The van der Waals surface area contributed by atoms with Gasteiger partial charge in [-0.3, -0.25) is 4.79 Å². The van der Waals surface area contributed by atoms with Gasteiger partial charge in [-0.25, -0.2) is 4.39 Å². The second-order valence-electron chi connectivity index (χ2n) is 10.6. The number of rotatable bonds is 12. The molecule has 0 radical (unpaired) electrons. The van der Waals surface area contributed by atoms with Crippen molar-refractivity contribution in [3.05, 3.63) is 83.2 Å². The standard InChI is InChI=1S/C30H35FO6.C3H6/c1-30(2,19-32)29(36-5)26-16-21(9-12-24(26)25-17-22(34-3)11-13-27(25)31)18-37-23-8-6-7-20(15-23)10-14-28(33)35-4;1-2-3-1/h6-9,11-13,15-17,29,32H,10,14,18-19H2,1-5H3;1-3H2. The Kier molecular flexibility index (Phi) is 11.5. The van der Waals surface area contributed by atoms with Crippen molar-refractivity contribution in [3.63, 3.8) is 0 Å². The Balaban J connectivity index is 0.00000137. The van der Waals surface area contributed by atoms with Crippen LogP contribution < -0.4 is 9.47 Å². The normalized spacial score (nSPS) is 13.1. The number of hydrogen-bond donors (Lipinski definition) is 1. The van der Waals surface area contributed by atoms with Crippen LogP contribution in [0.2, 0.25) is 0 Å². The van der Waals surface area contributed by atoms with Crippen molar-refractivity contribution in [2.75, 3.05) is 27.9 Å². The second kappa shape index (κ2) is 14.8. The minimum atomic E-state index is -0.633. The second-order valence-corrected chi connectivity index (χ2v) is 10.6. The summed E-state index contributed by atoms with van der Waals surface area (Å²) in [4.78, 5) is 11.5. The third-order valence-corrected chi connectivity index (χ3v) is 6.72. The third kappa shape index (κ3) is 8.80. The van der Waals surface area contributed by atoms with E-state index in [2.05, 4.69) is 0 Å². The van der Waals surface area contributed by atoms with E-state index in [4.69, 9.17) is 18.9 Å². The molecule has 0 aromatic heterocycles. The van der Waals surface area contributed by atoms with Crippen LogP contribution in [0.5, 0.6) is 11.5 Å². The quantitative estimate of drug-likeness (QED) is 0.243. The number of aliphatic hydroxyl groups excluding tert-OH is 1. The van der Waals surface area contributed by atoms with Crippen molar-refractivity contribution in [3.8, 4) is 22.6 Å². The fourth-order valence-corrected chi connectivity index (χ4v) is 4.26. The molecule has 1 unspecified atom stereocenters. The summed E-state index contributed by atoms with van der Waals surface area (Å²) in [5, 5.41) is 10.1. The largest absolute Gasteiger partial charge is 0.497 e. The van der Waals surface area contributed by atoms with Gasteiger partial charge in [0.05, 0.1) is 26.9 Å². The van der Waals surface area contributed by atoms with Crippen molar-refractivity contribution >= 4 is 5.97 Å². The monoisotopic (exact) mass is 552 g/mol. The molecule has 0 heterocycles. The Morgan fingerprint density at radius 2 is 1.68 bits per heavy atom. The highest BCUT2D eigenvalue weighted by molar-refractivity contribution is 5.71. The van der Waals surface area contributed by atoms with Gasteiger partial charge >= 0.3 is 5.97 Å². The lowest BCUT2D eigenvalue weighted by atomic mass is 9.80. The average molecular weight is 553 g/mol. The van der Waals surface area contributed by atoms with Crippen LogP contribution in [0.15, 0.2) is 60.7 Å². The third-order valence-electron chi connectivity index (χ3n) is 6.72. The number of halogens is 1. The molecule has 0 aliphatic heterocycles. The van der Waals surface area contributed by atoms with Crippen molar-refractivity contribution in [1.29, 1.82) is 0 Å². The van der Waals surface area contributed by atoms with Gasteiger partial charge in [-0.2, -0.15) is 0 Å². The molecule has 1 aliphatic carbocycles. The molecule has 0 amide bonds. The molecule has 1 atom stereocenters. The number of carbonyl (C=O) groups excluding carboxylic acids is 1. The maximum atomic E-state index is 15.0. The first-order chi connectivity index (χ1) is 19.2. The van der Waals surface area contributed by atoms with Crippen LogP contribution in [0.25, 0.3) is 11.1 Å². The van der Waals surface area contributed by atoms with E-state index < -0.39 is 11.5 Å². The molecule has 3 aromatic carbocycles. The molecule has 3 aromatic rings. The number of carbonyl (C=O) groups is 1. The van der Waals surface area contributed by atoms with Gasteiger partial charge in [-0.1, -0.05) is 57.4 Å². The van der Waals surface area contributed by atoms with E-state index in [-0.39, 0.29) is 25.0 Å². The van der Waals surface area contributed by atoms with E-state index in [1.165, 1.54) is 39.5 Å². The number of aliphatic hydroxyl groups is 1. The smallest absolute Gasteiger partial charge is 0.305 e. The molecule has 40 heavy (non-hydrogen) atoms. The molecule has 0 bridgehead atoms. The number of aryl methyl sites for hydroxylation is 1. The van der Waals surface area contributed by atoms with Crippen LogP contribution in [-0.4, -0.2) is 39.0 Å². The van der Waals surface area contributed by atoms with Crippen LogP contribution in [0.1, 0.15) is 62.3 Å². The van der Waals surface area contributed by atoms with Crippen LogP contribution in [-0.2, 0) is 27.3 Å². The Bertz CT molecular complexity index is 1250. The van der Waals surface area contributed by atoms with Crippen LogP contribution in [0, 0.1) is 11.2 Å². The maximum absolute atomic E-state index is 15.0. The number of benzene rings is 3. The predicted octanol–water partition coefficient (Wildman–Crippen LogP) is 7.06. The molecule has 0 saturated heterocycles. The van der Waals surface area contributed by atoms with Gasteiger partial charge in [0.15, 0.2) is 0 Å². The molecule has 1 fully saturated rings. The van der Waals surface area contributed by atoms with E-state index in [0.29, 0.717) is 35.5 Å². The maximum Gasteiger partial charge on any atom is 0.305 e. The number of methoxy groups -OCH3 is 3. The Labute approximate surface area is 237 Å². The topological polar surface area (TPSA) is 74.2 Å². The fourth-order valence-electron chi connectivity index (χ4n) is 4.26. The Morgan fingerprint density at radius 1 is 0.925 bits per heavy atom. The molecule has 1 aliphatic rings. The van der Waals surface area contributed by atoms with E-state index in [1.54, 1.807) is 19.2 Å². The summed E-state index contributed by atoms with van der Waals surface area (Å²) in [6.45, 7) is 3.95. The molecule has 4 rings (SSSR count). The molecule has 216 valence electrons. The van der Waals surface area contributed by atoms with E-state index in [0.717, 1.165) is 16.7 Å². The van der Waals surface area contributed by atoms with Gasteiger partial charge in [-0.15, -0.1) is 0 Å². The molecule has 1 saturated carbocycles. The first-order valence-electron chi connectivity index (χ1n) is 13.6. The fraction of sp³-hybridized carbons (Fsp3) is 0.424. The summed E-state index contributed by atoms with van der Waals surface area (Å²) >= 11 is 0. The molecule has 6 nitrogen and oxygen atoms in total. The Hall–Kier alpha value is -3.42. The Morgan fingerprint density at radius 3 is 2.30 bits per heavy atom. The van der Waals surface area contributed by atoms with Crippen molar-refractivity contribution in [2.45, 2.75) is 58.7 Å². The SMILES string of the molecule is C1CC1.COC(=O)CCc1cccc(OCc2ccc(-c3cc(OC)ccc3F)c(C(OC)C(C)(C)CO)c2)c1. The molecule has 7 heteroatoms. The highest BCUT2D eigenvalue weighted by Gasteiger charge is 2.33.